The molecule has 0 saturated carbocycles. The second-order valence-electron chi connectivity index (χ2n) is 4.12. The Hall–Kier alpha value is -2.51. The number of para-hydroxylation sites is 1. The first-order valence-electron chi connectivity index (χ1n) is 6.07. The molecule has 21 heavy (non-hydrogen) atoms. The molecule has 0 saturated heterocycles. The van der Waals surface area contributed by atoms with E-state index in [9.17, 15) is 13.2 Å². The van der Waals surface area contributed by atoms with E-state index in [2.05, 4.69) is 9.97 Å². The minimum Gasteiger partial charge on any atom is -0.493 e. The molecule has 1 aromatic carbocycles. The van der Waals surface area contributed by atoms with Crippen LogP contribution in [0.25, 0.3) is 11.3 Å². The summed E-state index contributed by atoms with van der Waals surface area (Å²) in [6, 6.07) is 6.23. The Bertz CT molecular complexity index is 658. The fourth-order valence-electron chi connectivity index (χ4n) is 1.91. The molecule has 8 heteroatoms. The Balaban J connectivity index is 2.75. The van der Waals surface area contributed by atoms with Gasteiger partial charge in [-0.05, 0) is 19.1 Å². The highest BCUT2D eigenvalue weighted by molar-refractivity contribution is 5.74. The van der Waals surface area contributed by atoms with Gasteiger partial charge in [-0.3, -0.25) is 0 Å². The molecule has 2 aromatic rings. The van der Waals surface area contributed by atoms with Crippen LogP contribution in [0.5, 0.6) is 5.75 Å². The number of halogens is 3. The molecule has 0 atom stereocenters. The minimum absolute atomic E-state index is 0.160. The lowest BCUT2D eigenvalue weighted by Gasteiger charge is -2.16. The van der Waals surface area contributed by atoms with E-state index in [1.807, 2.05) is 0 Å². The highest BCUT2D eigenvalue weighted by atomic mass is 19.4. The molecule has 0 aliphatic rings. The number of alkyl halides is 3. The SMILES string of the molecule is CCOc1ccccc1-c1nc(N)nc(N)c1C(F)(F)F. The zero-order chi connectivity index (χ0) is 15.6. The molecule has 0 bridgehead atoms. The molecular formula is C13H13F3N4O. The maximum atomic E-state index is 13.2. The first kappa shape index (κ1) is 14.9. The maximum Gasteiger partial charge on any atom is 0.422 e. The molecule has 0 radical (unpaired) electrons. The Morgan fingerprint density at radius 3 is 2.43 bits per heavy atom. The lowest BCUT2D eigenvalue weighted by Crippen LogP contribution is -2.15. The Kier molecular flexibility index (Phi) is 3.88. The third-order valence-electron chi connectivity index (χ3n) is 2.68. The quantitative estimate of drug-likeness (QED) is 0.909. The van der Waals surface area contributed by atoms with Crippen molar-refractivity contribution in [2.24, 2.45) is 0 Å². The molecule has 4 N–H and O–H groups in total. The molecule has 1 aromatic heterocycles. The maximum absolute atomic E-state index is 13.2. The van der Waals surface area contributed by atoms with Crippen LogP contribution in [-0.4, -0.2) is 16.6 Å². The fourth-order valence-corrected chi connectivity index (χ4v) is 1.91. The van der Waals surface area contributed by atoms with Gasteiger partial charge in [-0.15, -0.1) is 0 Å². The first-order chi connectivity index (χ1) is 9.84. The van der Waals surface area contributed by atoms with Crippen molar-refractivity contribution in [2.45, 2.75) is 13.1 Å². The van der Waals surface area contributed by atoms with Gasteiger partial charge >= 0.3 is 6.18 Å². The van der Waals surface area contributed by atoms with Gasteiger partial charge in [0.25, 0.3) is 0 Å². The van der Waals surface area contributed by atoms with Gasteiger partial charge in [0.15, 0.2) is 0 Å². The lowest BCUT2D eigenvalue weighted by atomic mass is 10.0. The number of hydrogen-bond acceptors (Lipinski definition) is 5. The molecule has 0 unspecified atom stereocenters. The standard InChI is InChI=1S/C13H13F3N4O/c1-2-21-8-6-4-3-5-7(8)10-9(13(14,15)16)11(17)20-12(18)19-10/h3-6H,2H2,1H3,(H4,17,18,19,20). The van der Waals surface area contributed by atoms with Crippen molar-refractivity contribution in [2.75, 3.05) is 18.1 Å². The minimum atomic E-state index is -4.70. The van der Waals surface area contributed by atoms with Crippen LogP contribution >= 0.6 is 0 Å². The van der Waals surface area contributed by atoms with Crippen LogP contribution in [0.3, 0.4) is 0 Å². The second-order valence-corrected chi connectivity index (χ2v) is 4.12. The molecule has 112 valence electrons. The van der Waals surface area contributed by atoms with E-state index >= 15 is 0 Å². The van der Waals surface area contributed by atoms with Crippen molar-refractivity contribution >= 4 is 11.8 Å². The van der Waals surface area contributed by atoms with Gasteiger partial charge in [-0.25, -0.2) is 4.98 Å². The van der Waals surface area contributed by atoms with Crippen LogP contribution in [0.1, 0.15) is 12.5 Å². The number of aromatic nitrogens is 2. The van der Waals surface area contributed by atoms with Crippen molar-refractivity contribution in [3.8, 4) is 17.0 Å². The fraction of sp³-hybridized carbons (Fsp3) is 0.231. The van der Waals surface area contributed by atoms with Crippen molar-refractivity contribution in [3.63, 3.8) is 0 Å². The number of anilines is 2. The van der Waals surface area contributed by atoms with Gasteiger partial charge in [0.2, 0.25) is 5.95 Å². The van der Waals surface area contributed by atoms with Crippen LogP contribution in [-0.2, 0) is 6.18 Å². The number of nitrogens with zero attached hydrogens (tertiary/aromatic N) is 2. The lowest BCUT2D eigenvalue weighted by molar-refractivity contribution is -0.136. The van der Waals surface area contributed by atoms with Crippen LogP contribution in [0.2, 0.25) is 0 Å². The Morgan fingerprint density at radius 2 is 1.81 bits per heavy atom. The molecular weight excluding hydrogens is 285 g/mol. The summed E-state index contributed by atoms with van der Waals surface area (Å²) in [6.45, 7) is 2.03. The zero-order valence-corrected chi connectivity index (χ0v) is 11.1. The topological polar surface area (TPSA) is 87.0 Å². The number of hydrogen-bond donors (Lipinski definition) is 2. The van der Waals surface area contributed by atoms with E-state index in [0.717, 1.165) is 0 Å². The van der Waals surface area contributed by atoms with Crippen LogP contribution in [0, 0.1) is 0 Å². The number of benzene rings is 1. The summed E-state index contributed by atoms with van der Waals surface area (Å²) in [4.78, 5) is 7.09. The molecule has 0 spiro atoms. The van der Waals surface area contributed by atoms with Crippen LogP contribution < -0.4 is 16.2 Å². The Morgan fingerprint density at radius 1 is 1.14 bits per heavy atom. The predicted molar refractivity (Wildman–Crippen MR) is 72.5 cm³/mol. The largest absolute Gasteiger partial charge is 0.493 e. The van der Waals surface area contributed by atoms with Gasteiger partial charge in [-0.1, -0.05) is 12.1 Å². The van der Waals surface area contributed by atoms with Crippen molar-refractivity contribution < 1.29 is 17.9 Å². The molecule has 0 fully saturated rings. The summed E-state index contributed by atoms with van der Waals surface area (Å²) >= 11 is 0. The highest BCUT2D eigenvalue weighted by Gasteiger charge is 2.38. The monoisotopic (exact) mass is 298 g/mol. The normalized spacial score (nSPS) is 11.4. The summed E-state index contributed by atoms with van der Waals surface area (Å²) in [7, 11) is 0. The van der Waals surface area contributed by atoms with E-state index < -0.39 is 23.3 Å². The molecule has 0 amide bonds. The summed E-state index contributed by atoms with van der Waals surface area (Å²) < 4.78 is 44.9. The summed E-state index contributed by atoms with van der Waals surface area (Å²) in [6.07, 6.45) is -4.70. The van der Waals surface area contributed by atoms with Gasteiger partial charge in [0.1, 0.15) is 17.1 Å². The Labute approximate surface area is 118 Å². The molecule has 5 nitrogen and oxygen atoms in total. The first-order valence-corrected chi connectivity index (χ1v) is 6.07. The zero-order valence-electron chi connectivity index (χ0n) is 11.1. The van der Waals surface area contributed by atoms with Gasteiger partial charge in [0, 0.05) is 5.56 Å². The smallest absolute Gasteiger partial charge is 0.422 e. The highest BCUT2D eigenvalue weighted by Crippen LogP contribution is 2.41. The van der Waals surface area contributed by atoms with Crippen LogP contribution in [0.15, 0.2) is 24.3 Å². The van der Waals surface area contributed by atoms with E-state index in [0.29, 0.717) is 6.61 Å². The van der Waals surface area contributed by atoms with E-state index in [1.165, 1.54) is 6.07 Å². The van der Waals surface area contributed by atoms with Gasteiger partial charge in [-0.2, -0.15) is 18.2 Å². The van der Waals surface area contributed by atoms with E-state index in [1.54, 1.807) is 25.1 Å². The summed E-state index contributed by atoms with van der Waals surface area (Å²) in [5, 5.41) is 0. The number of ether oxygens (including phenoxy) is 1. The molecule has 1 heterocycles. The van der Waals surface area contributed by atoms with Crippen molar-refractivity contribution in [1.29, 1.82) is 0 Å². The average Bonchev–Trinajstić information content (AvgIpc) is 2.37. The number of nitrogen functional groups attached to an aromatic ring is 2. The van der Waals surface area contributed by atoms with Crippen molar-refractivity contribution in [1.82, 2.24) is 9.97 Å². The van der Waals surface area contributed by atoms with Gasteiger partial charge in [0.05, 0.1) is 12.3 Å². The number of nitrogens with two attached hydrogens (primary N) is 2. The third kappa shape index (κ3) is 2.99. The summed E-state index contributed by atoms with van der Waals surface area (Å²) in [5.41, 5.74) is 9.45. The number of rotatable bonds is 3. The van der Waals surface area contributed by atoms with E-state index in [4.69, 9.17) is 16.2 Å². The molecule has 0 aliphatic carbocycles. The van der Waals surface area contributed by atoms with Gasteiger partial charge < -0.3 is 16.2 Å². The van der Waals surface area contributed by atoms with Crippen LogP contribution in [0.4, 0.5) is 24.9 Å². The van der Waals surface area contributed by atoms with Crippen molar-refractivity contribution in [3.05, 3.63) is 29.8 Å². The summed E-state index contributed by atoms with van der Waals surface area (Å²) in [5.74, 6) is -0.777. The second kappa shape index (κ2) is 5.47. The predicted octanol–water partition coefficient (Wildman–Crippen LogP) is 2.73. The molecule has 0 aliphatic heterocycles. The average molecular weight is 298 g/mol. The molecule has 2 rings (SSSR count). The third-order valence-corrected chi connectivity index (χ3v) is 2.68. The van der Waals surface area contributed by atoms with E-state index in [-0.39, 0.29) is 17.3 Å².